The van der Waals surface area contributed by atoms with Crippen LogP contribution in [0.3, 0.4) is 0 Å². The van der Waals surface area contributed by atoms with E-state index >= 15 is 0 Å². The highest BCUT2D eigenvalue weighted by molar-refractivity contribution is 7.80. The van der Waals surface area contributed by atoms with Gasteiger partial charge in [-0.2, -0.15) is 0 Å². The molecule has 0 amide bonds. The minimum Gasteiger partial charge on any atom is -0.383 e. The number of ether oxygens (including phenoxy) is 1. The van der Waals surface area contributed by atoms with Gasteiger partial charge in [0.25, 0.3) is 0 Å². The molecule has 0 heterocycles. The van der Waals surface area contributed by atoms with Crippen molar-refractivity contribution in [2.45, 2.75) is 38.8 Å². The smallest absolute Gasteiger partial charge is 0.166 e. The Balaban J connectivity index is 2.25. The largest absolute Gasteiger partial charge is 0.383 e. The molecular weight excluding hydrogens is 196 g/mol. The van der Waals surface area contributed by atoms with Gasteiger partial charge in [0.15, 0.2) is 5.11 Å². The number of thiocarbonyl (C=S) groups is 1. The van der Waals surface area contributed by atoms with Crippen LogP contribution in [0.5, 0.6) is 0 Å². The first-order valence-corrected chi connectivity index (χ1v) is 5.60. The lowest BCUT2D eigenvalue weighted by Crippen LogP contribution is -2.47. The molecule has 1 saturated carbocycles. The highest BCUT2D eigenvalue weighted by Crippen LogP contribution is 2.18. The molecule has 0 aromatic rings. The molecule has 0 saturated heterocycles. The molecule has 1 aliphatic carbocycles. The van der Waals surface area contributed by atoms with Crippen molar-refractivity contribution in [1.82, 2.24) is 10.6 Å². The van der Waals surface area contributed by atoms with Crippen molar-refractivity contribution in [3.05, 3.63) is 0 Å². The third kappa shape index (κ3) is 4.24. The van der Waals surface area contributed by atoms with Crippen molar-refractivity contribution in [3.63, 3.8) is 0 Å². The highest BCUT2D eigenvalue weighted by Gasteiger charge is 2.23. The lowest BCUT2D eigenvalue weighted by molar-refractivity contribution is 0.156. The second kappa shape index (κ2) is 5.51. The third-order valence-electron chi connectivity index (χ3n) is 2.38. The van der Waals surface area contributed by atoms with E-state index in [9.17, 15) is 0 Å². The number of nitrogens with one attached hydrogen (secondary N) is 2. The van der Waals surface area contributed by atoms with Crippen molar-refractivity contribution < 1.29 is 4.74 Å². The molecule has 1 atom stereocenters. The molecule has 0 aliphatic heterocycles. The maximum absolute atomic E-state index is 5.20. The molecule has 1 unspecified atom stereocenters. The van der Waals surface area contributed by atoms with E-state index < -0.39 is 0 Å². The minimum atomic E-state index is 0.304. The summed E-state index contributed by atoms with van der Waals surface area (Å²) >= 11 is 5.20. The van der Waals surface area contributed by atoms with Crippen molar-refractivity contribution in [1.29, 1.82) is 0 Å². The molecule has 14 heavy (non-hydrogen) atoms. The normalized spacial score (nSPS) is 18.0. The Hall–Kier alpha value is -0.350. The zero-order valence-electron chi connectivity index (χ0n) is 9.17. The summed E-state index contributed by atoms with van der Waals surface area (Å²) in [7, 11) is 1.72. The Bertz CT molecular complexity index is 193. The Morgan fingerprint density at radius 3 is 2.57 bits per heavy atom. The molecule has 0 bridgehead atoms. The average molecular weight is 216 g/mol. The fourth-order valence-electron chi connectivity index (χ4n) is 1.20. The summed E-state index contributed by atoms with van der Waals surface area (Å²) in [6.45, 7) is 5.02. The highest BCUT2D eigenvalue weighted by atomic mass is 32.1. The van der Waals surface area contributed by atoms with Crippen molar-refractivity contribution in [2.75, 3.05) is 13.7 Å². The molecule has 1 fully saturated rings. The summed E-state index contributed by atoms with van der Waals surface area (Å²) in [6.07, 6.45) is 2.50. The molecule has 0 radical (unpaired) electrons. The second-order valence-corrected chi connectivity index (χ2v) is 4.61. The van der Waals surface area contributed by atoms with E-state index in [1.54, 1.807) is 7.11 Å². The minimum absolute atomic E-state index is 0.304. The van der Waals surface area contributed by atoms with Crippen LogP contribution in [-0.4, -0.2) is 30.9 Å². The third-order valence-corrected chi connectivity index (χ3v) is 2.62. The molecule has 3 nitrogen and oxygen atoms in total. The Kier molecular flexibility index (Phi) is 4.62. The van der Waals surface area contributed by atoms with Crippen LogP contribution >= 0.6 is 12.2 Å². The summed E-state index contributed by atoms with van der Waals surface area (Å²) in [5, 5.41) is 7.31. The van der Waals surface area contributed by atoms with Gasteiger partial charge in [0, 0.05) is 13.2 Å². The van der Waals surface area contributed by atoms with Crippen LogP contribution < -0.4 is 10.6 Å². The van der Waals surface area contributed by atoms with E-state index in [2.05, 4.69) is 24.5 Å². The van der Waals surface area contributed by atoms with Crippen molar-refractivity contribution >= 4 is 17.3 Å². The molecule has 4 heteroatoms. The Morgan fingerprint density at radius 1 is 1.50 bits per heavy atom. The van der Waals surface area contributed by atoms with E-state index in [0.29, 0.717) is 24.6 Å². The SMILES string of the molecule is COCC(NC(=S)NC1CC1)C(C)C. The maximum atomic E-state index is 5.20. The molecule has 2 N–H and O–H groups in total. The molecule has 1 aliphatic rings. The van der Waals surface area contributed by atoms with Crippen LogP contribution in [0.2, 0.25) is 0 Å². The maximum Gasteiger partial charge on any atom is 0.166 e. The quantitative estimate of drug-likeness (QED) is 0.678. The van der Waals surface area contributed by atoms with Gasteiger partial charge in [0.2, 0.25) is 0 Å². The standard InChI is InChI=1S/C10H20N2OS/c1-7(2)9(6-13-3)12-10(14)11-8-4-5-8/h7-9H,4-6H2,1-3H3,(H2,11,12,14). The molecular formula is C10H20N2OS. The van der Waals surface area contributed by atoms with Gasteiger partial charge >= 0.3 is 0 Å². The van der Waals surface area contributed by atoms with Crippen LogP contribution in [0, 0.1) is 5.92 Å². The zero-order valence-corrected chi connectivity index (χ0v) is 9.99. The summed E-state index contributed by atoms with van der Waals surface area (Å²) < 4.78 is 5.14. The van der Waals surface area contributed by atoms with Gasteiger partial charge in [-0.3, -0.25) is 0 Å². The van der Waals surface area contributed by atoms with Crippen LogP contribution in [0.1, 0.15) is 26.7 Å². The van der Waals surface area contributed by atoms with Gasteiger partial charge < -0.3 is 15.4 Å². The predicted octanol–water partition coefficient (Wildman–Crippen LogP) is 1.28. The van der Waals surface area contributed by atoms with Gasteiger partial charge in [0.05, 0.1) is 12.6 Å². The topological polar surface area (TPSA) is 33.3 Å². The average Bonchev–Trinajstić information content (AvgIpc) is 2.87. The summed E-state index contributed by atoms with van der Waals surface area (Å²) in [5.41, 5.74) is 0. The molecule has 0 aromatic heterocycles. The first-order valence-electron chi connectivity index (χ1n) is 5.19. The van der Waals surface area contributed by atoms with Crippen LogP contribution in [0.15, 0.2) is 0 Å². The van der Waals surface area contributed by atoms with Gasteiger partial charge in [-0.15, -0.1) is 0 Å². The van der Waals surface area contributed by atoms with Crippen molar-refractivity contribution in [2.24, 2.45) is 5.92 Å². The van der Waals surface area contributed by atoms with Gasteiger partial charge in [-0.05, 0) is 31.0 Å². The zero-order chi connectivity index (χ0) is 10.6. The van der Waals surface area contributed by atoms with Crippen molar-refractivity contribution in [3.8, 4) is 0 Å². The molecule has 0 aromatic carbocycles. The summed E-state index contributed by atoms with van der Waals surface area (Å²) in [4.78, 5) is 0. The molecule has 0 spiro atoms. The van der Waals surface area contributed by atoms with E-state index in [-0.39, 0.29) is 0 Å². The van der Waals surface area contributed by atoms with E-state index in [0.717, 1.165) is 5.11 Å². The second-order valence-electron chi connectivity index (χ2n) is 4.20. The summed E-state index contributed by atoms with van der Waals surface area (Å²) in [5.74, 6) is 0.522. The predicted molar refractivity (Wildman–Crippen MR) is 62.4 cm³/mol. The van der Waals surface area contributed by atoms with Crippen LogP contribution in [0.25, 0.3) is 0 Å². The fraction of sp³-hybridized carbons (Fsp3) is 0.900. The number of hydrogen-bond acceptors (Lipinski definition) is 2. The number of rotatable bonds is 5. The van der Waals surface area contributed by atoms with E-state index in [1.165, 1.54) is 12.8 Å². The van der Waals surface area contributed by atoms with Gasteiger partial charge in [-0.1, -0.05) is 13.8 Å². The number of hydrogen-bond donors (Lipinski definition) is 2. The Labute approximate surface area is 91.6 Å². The summed E-state index contributed by atoms with van der Waals surface area (Å²) in [6, 6.07) is 0.920. The first kappa shape index (κ1) is 11.7. The van der Waals surface area contributed by atoms with E-state index in [1.807, 2.05) is 0 Å². The lowest BCUT2D eigenvalue weighted by Gasteiger charge is -2.23. The number of methoxy groups -OCH3 is 1. The molecule has 82 valence electrons. The van der Waals surface area contributed by atoms with Gasteiger partial charge in [-0.25, -0.2) is 0 Å². The molecule has 1 rings (SSSR count). The monoisotopic (exact) mass is 216 g/mol. The fourth-order valence-corrected chi connectivity index (χ4v) is 1.52. The van der Waals surface area contributed by atoms with E-state index in [4.69, 9.17) is 17.0 Å². The lowest BCUT2D eigenvalue weighted by atomic mass is 10.1. The van der Waals surface area contributed by atoms with Crippen LogP contribution in [0.4, 0.5) is 0 Å². The Morgan fingerprint density at radius 2 is 2.14 bits per heavy atom. The first-order chi connectivity index (χ1) is 6.63. The van der Waals surface area contributed by atoms with Gasteiger partial charge in [0.1, 0.15) is 0 Å². The van der Waals surface area contributed by atoms with Crippen LogP contribution in [-0.2, 0) is 4.74 Å².